The van der Waals surface area contributed by atoms with Gasteiger partial charge in [-0.05, 0) is 30.7 Å². The third kappa shape index (κ3) is 2.57. The maximum absolute atomic E-state index is 13.1. The Bertz CT molecular complexity index is 731. The fourth-order valence-electron chi connectivity index (χ4n) is 4.02. The SMILES string of the molecule is CCCCOC(=O)[C@@H]1[C@H]2C(=O)N(c3ccc(Cl)cc3)C[C@@]23C=C[C@H]1O3. The van der Waals surface area contributed by atoms with E-state index in [0.29, 0.717) is 18.2 Å². The molecule has 0 radical (unpaired) electrons. The molecular formula is C19H20ClNO4. The zero-order valence-corrected chi connectivity index (χ0v) is 14.7. The lowest BCUT2D eigenvalue weighted by Crippen LogP contribution is -2.40. The van der Waals surface area contributed by atoms with Crippen molar-refractivity contribution in [2.75, 3.05) is 18.1 Å². The summed E-state index contributed by atoms with van der Waals surface area (Å²) in [5, 5.41) is 0.614. The van der Waals surface area contributed by atoms with Gasteiger partial charge in [0.15, 0.2) is 0 Å². The largest absolute Gasteiger partial charge is 0.465 e. The second-order valence-electron chi connectivity index (χ2n) is 6.82. The highest BCUT2D eigenvalue weighted by Crippen LogP contribution is 2.52. The molecule has 4 atom stereocenters. The van der Waals surface area contributed by atoms with E-state index in [0.717, 1.165) is 18.5 Å². The first-order chi connectivity index (χ1) is 12.1. The number of fused-ring (bicyclic) bond motifs is 1. The molecule has 25 heavy (non-hydrogen) atoms. The first-order valence-electron chi connectivity index (χ1n) is 8.66. The molecule has 3 heterocycles. The van der Waals surface area contributed by atoms with Crippen molar-refractivity contribution in [1.82, 2.24) is 0 Å². The number of anilines is 1. The van der Waals surface area contributed by atoms with Crippen molar-refractivity contribution in [1.29, 1.82) is 0 Å². The zero-order valence-electron chi connectivity index (χ0n) is 14.0. The van der Waals surface area contributed by atoms with Crippen LogP contribution in [-0.4, -0.2) is 36.7 Å². The number of benzene rings is 1. The van der Waals surface area contributed by atoms with E-state index < -0.39 is 17.4 Å². The Labute approximate surface area is 151 Å². The first kappa shape index (κ1) is 16.6. The lowest BCUT2D eigenvalue weighted by atomic mass is 9.77. The van der Waals surface area contributed by atoms with Gasteiger partial charge >= 0.3 is 5.97 Å². The Kier molecular flexibility index (Phi) is 4.08. The van der Waals surface area contributed by atoms with Crippen LogP contribution in [0.5, 0.6) is 0 Å². The number of rotatable bonds is 5. The van der Waals surface area contributed by atoms with Crippen LogP contribution in [0.15, 0.2) is 36.4 Å². The fourth-order valence-corrected chi connectivity index (χ4v) is 4.15. The standard InChI is InChI=1S/C19H20ClNO4/c1-2-3-10-24-18(23)15-14-8-9-19(25-14)11-21(17(22)16(15)19)13-6-4-12(20)5-7-13/h4-9,14-16H,2-3,10-11H2,1H3/t14-,15+,16+,19+/m1/s1. The third-order valence-corrected chi connectivity index (χ3v) is 5.50. The number of amides is 1. The van der Waals surface area contributed by atoms with Crippen LogP contribution in [-0.2, 0) is 19.1 Å². The van der Waals surface area contributed by atoms with E-state index >= 15 is 0 Å². The number of carbonyl (C=O) groups excluding carboxylic acids is 2. The number of hydrogen-bond acceptors (Lipinski definition) is 4. The minimum absolute atomic E-state index is 0.0911. The quantitative estimate of drug-likeness (QED) is 0.459. The molecule has 0 saturated carbocycles. The number of carbonyl (C=O) groups is 2. The predicted octanol–water partition coefficient (Wildman–Crippen LogP) is 2.97. The minimum Gasteiger partial charge on any atom is -0.465 e. The van der Waals surface area contributed by atoms with E-state index in [1.54, 1.807) is 17.0 Å². The summed E-state index contributed by atoms with van der Waals surface area (Å²) in [6.07, 6.45) is 5.23. The number of ether oxygens (including phenoxy) is 2. The number of nitrogens with zero attached hydrogens (tertiary/aromatic N) is 1. The second-order valence-corrected chi connectivity index (χ2v) is 7.26. The van der Waals surface area contributed by atoms with Crippen molar-refractivity contribution >= 4 is 29.2 Å². The van der Waals surface area contributed by atoms with Gasteiger partial charge in [-0.2, -0.15) is 0 Å². The van der Waals surface area contributed by atoms with Crippen molar-refractivity contribution in [2.24, 2.45) is 11.8 Å². The van der Waals surface area contributed by atoms with Gasteiger partial charge in [0, 0.05) is 10.7 Å². The van der Waals surface area contributed by atoms with Crippen molar-refractivity contribution in [3.8, 4) is 0 Å². The van der Waals surface area contributed by atoms with Crippen LogP contribution in [0, 0.1) is 11.8 Å². The molecule has 1 aromatic rings. The van der Waals surface area contributed by atoms with E-state index in [2.05, 4.69) is 0 Å². The second kappa shape index (κ2) is 6.15. The molecule has 0 N–H and O–H groups in total. The lowest BCUT2D eigenvalue weighted by Gasteiger charge is -2.22. The Morgan fingerprint density at radius 2 is 2.16 bits per heavy atom. The molecule has 0 unspecified atom stereocenters. The molecule has 1 spiro atoms. The molecule has 5 nitrogen and oxygen atoms in total. The van der Waals surface area contributed by atoms with E-state index in [4.69, 9.17) is 21.1 Å². The maximum atomic E-state index is 13.1. The molecule has 2 saturated heterocycles. The van der Waals surface area contributed by atoms with Crippen LogP contribution in [0.2, 0.25) is 5.02 Å². The van der Waals surface area contributed by atoms with Gasteiger partial charge in [-0.15, -0.1) is 0 Å². The molecule has 4 rings (SSSR count). The van der Waals surface area contributed by atoms with E-state index in [-0.39, 0.29) is 18.0 Å². The summed E-state index contributed by atoms with van der Waals surface area (Å²) in [4.78, 5) is 27.3. The van der Waals surface area contributed by atoms with Gasteiger partial charge in [0.1, 0.15) is 11.5 Å². The van der Waals surface area contributed by atoms with E-state index in [1.807, 2.05) is 31.2 Å². The summed E-state index contributed by atoms with van der Waals surface area (Å²) in [5.41, 5.74) is 0.0345. The zero-order chi connectivity index (χ0) is 17.6. The average Bonchev–Trinajstić information content (AvgIpc) is 3.24. The maximum Gasteiger partial charge on any atom is 0.312 e. The predicted molar refractivity (Wildman–Crippen MR) is 93.4 cm³/mol. The molecule has 1 aromatic carbocycles. The van der Waals surface area contributed by atoms with E-state index in [9.17, 15) is 9.59 Å². The molecule has 2 bridgehead atoms. The molecular weight excluding hydrogens is 342 g/mol. The lowest BCUT2D eigenvalue weighted by molar-refractivity contribution is -0.152. The Balaban J connectivity index is 1.59. The van der Waals surface area contributed by atoms with Gasteiger partial charge in [0.25, 0.3) is 0 Å². The van der Waals surface area contributed by atoms with Gasteiger partial charge in [0.2, 0.25) is 5.91 Å². The summed E-state index contributed by atoms with van der Waals surface area (Å²) >= 11 is 5.94. The average molecular weight is 362 g/mol. The highest BCUT2D eigenvalue weighted by Gasteiger charge is 2.67. The van der Waals surface area contributed by atoms with Crippen molar-refractivity contribution in [3.63, 3.8) is 0 Å². The topological polar surface area (TPSA) is 55.8 Å². The van der Waals surface area contributed by atoms with Crippen LogP contribution in [0.25, 0.3) is 0 Å². The molecule has 3 aliphatic heterocycles. The summed E-state index contributed by atoms with van der Waals surface area (Å²) in [7, 11) is 0. The van der Waals surface area contributed by atoms with Gasteiger partial charge in [-0.25, -0.2) is 0 Å². The van der Waals surface area contributed by atoms with Crippen LogP contribution < -0.4 is 4.90 Å². The van der Waals surface area contributed by atoms with Gasteiger partial charge in [0.05, 0.1) is 25.2 Å². The molecule has 2 fully saturated rings. The highest BCUT2D eigenvalue weighted by molar-refractivity contribution is 6.30. The molecule has 6 heteroatoms. The van der Waals surface area contributed by atoms with Crippen molar-refractivity contribution in [2.45, 2.75) is 31.5 Å². The number of halogens is 1. The fraction of sp³-hybridized carbons (Fsp3) is 0.474. The van der Waals surface area contributed by atoms with Gasteiger partial charge in [-0.1, -0.05) is 37.1 Å². The number of esters is 1. The van der Waals surface area contributed by atoms with Crippen molar-refractivity contribution < 1.29 is 19.1 Å². The monoisotopic (exact) mass is 361 g/mol. The third-order valence-electron chi connectivity index (χ3n) is 5.25. The van der Waals surface area contributed by atoms with E-state index in [1.165, 1.54) is 0 Å². The van der Waals surface area contributed by atoms with Crippen molar-refractivity contribution in [3.05, 3.63) is 41.4 Å². The number of hydrogen-bond donors (Lipinski definition) is 0. The van der Waals surface area contributed by atoms with Crippen LogP contribution in [0.1, 0.15) is 19.8 Å². The Morgan fingerprint density at radius 1 is 1.40 bits per heavy atom. The highest BCUT2D eigenvalue weighted by atomic mass is 35.5. The molecule has 0 aliphatic carbocycles. The smallest absolute Gasteiger partial charge is 0.312 e. The van der Waals surface area contributed by atoms with Crippen LogP contribution >= 0.6 is 11.6 Å². The number of unbranched alkanes of at least 4 members (excludes halogenated alkanes) is 1. The summed E-state index contributed by atoms with van der Waals surface area (Å²) in [6, 6.07) is 7.12. The summed E-state index contributed by atoms with van der Waals surface area (Å²) in [6.45, 7) is 2.83. The van der Waals surface area contributed by atoms with Crippen LogP contribution in [0.3, 0.4) is 0 Å². The first-order valence-corrected chi connectivity index (χ1v) is 9.04. The molecule has 1 amide bonds. The van der Waals surface area contributed by atoms with Gasteiger partial charge in [-0.3, -0.25) is 9.59 Å². The summed E-state index contributed by atoms with van der Waals surface area (Å²) < 4.78 is 11.5. The Morgan fingerprint density at radius 3 is 2.88 bits per heavy atom. The molecule has 132 valence electrons. The van der Waals surface area contributed by atoms with Gasteiger partial charge < -0.3 is 14.4 Å². The molecule has 3 aliphatic rings. The molecule has 0 aromatic heterocycles. The van der Waals surface area contributed by atoms with Crippen LogP contribution in [0.4, 0.5) is 5.69 Å². The normalized spacial score (nSPS) is 32.3. The summed E-state index contributed by atoms with van der Waals surface area (Å²) in [5.74, 6) is -1.51. The Hall–Kier alpha value is -1.85. The minimum atomic E-state index is -0.726.